The number of sulfone groups is 1. The van der Waals surface area contributed by atoms with Gasteiger partial charge in [-0.05, 0) is 18.6 Å². The number of rotatable bonds is 5. The predicted molar refractivity (Wildman–Crippen MR) is 83.3 cm³/mol. The second kappa shape index (κ2) is 6.65. The van der Waals surface area contributed by atoms with Crippen LogP contribution in [0.5, 0.6) is 0 Å². The molecule has 1 amide bonds. The van der Waals surface area contributed by atoms with Gasteiger partial charge in [-0.1, -0.05) is 25.1 Å². The highest BCUT2D eigenvalue weighted by Gasteiger charge is 2.17. The summed E-state index contributed by atoms with van der Waals surface area (Å²) in [7, 11) is -3.36. The molecule has 0 saturated carbocycles. The van der Waals surface area contributed by atoms with Crippen molar-refractivity contribution in [2.45, 2.75) is 25.2 Å². The molecule has 116 valence electrons. The van der Waals surface area contributed by atoms with Crippen LogP contribution in [0.15, 0.2) is 41.6 Å². The molecule has 6 nitrogen and oxygen atoms in total. The summed E-state index contributed by atoms with van der Waals surface area (Å²) in [4.78, 5) is 20.3. The Kier molecular flexibility index (Phi) is 4.87. The lowest BCUT2D eigenvalue weighted by atomic mass is 10.1. The van der Waals surface area contributed by atoms with Gasteiger partial charge in [0, 0.05) is 0 Å². The van der Waals surface area contributed by atoms with Crippen molar-refractivity contribution in [1.82, 2.24) is 9.97 Å². The summed E-state index contributed by atoms with van der Waals surface area (Å²) in [5.74, 6) is -0.00180. The summed E-state index contributed by atoms with van der Waals surface area (Å²) < 4.78 is 24.1. The zero-order valence-corrected chi connectivity index (χ0v) is 13.2. The van der Waals surface area contributed by atoms with Crippen LogP contribution in [0.4, 0.5) is 5.82 Å². The van der Waals surface area contributed by atoms with Gasteiger partial charge in [-0.2, -0.15) is 0 Å². The molecule has 0 aliphatic rings. The van der Waals surface area contributed by atoms with Crippen LogP contribution in [-0.2, 0) is 21.1 Å². The first-order valence-electron chi connectivity index (χ1n) is 6.81. The first-order chi connectivity index (χ1) is 10.4. The van der Waals surface area contributed by atoms with Gasteiger partial charge in [0.2, 0.25) is 5.91 Å². The normalized spacial score (nSPS) is 11.2. The minimum absolute atomic E-state index is 0.00489. The van der Waals surface area contributed by atoms with Crippen LogP contribution < -0.4 is 5.32 Å². The van der Waals surface area contributed by atoms with Crippen LogP contribution in [0.25, 0.3) is 0 Å². The van der Waals surface area contributed by atoms with Crippen LogP contribution >= 0.6 is 0 Å². The van der Waals surface area contributed by atoms with Gasteiger partial charge < -0.3 is 5.32 Å². The molecule has 0 aliphatic carbocycles. The standard InChI is InChI=1S/C15H17N3O3S/c1-3-22(20,21)13-7-5-4-6-12(13)8-15(19)18-14-10-16-11(2)9-17-14/h4-7,9-10H,3,8H2,1-2H3,(H,17,18,19). The van der Waals surface area contributed by atoms with Crippen molar-refractivity contribution in [1.29, 1.82) is 0 Å². The lowest BCUT2D eigenvalue weighted by Crippen LogP contribution is -2.17. The quantitative estimate of drug-likeness (QED) is 0.907. The van der Waals surface area contributed by atoms with Gasteiger partial charge in [0.05, 0.1) is 35.2 Å². The molecular formula is C15H17N3O3S. The number of carbonyl (C=O) groups is 1. The average Bonchev–Trinajstić information content (AvgIpc) is 2.50. The third-order valence-corrected chi connectivity index (χ3v) is 4.92. The Labute approximate surface area is 129 Å². The molecule has 0 radical (unpaired) electrons. The zero-order valence-electron chi connectivity index (χ0n) is 12.4. The van der Waals surface area contributed by atoms with Gasteiger partial charge in [0.1, 0.15) is 0 Å². The maximum Gasteiger partial charge on any atom is 0.230 e. The highest BCUT2D eigenvalue weighted by atomic mass is 32.2. The van der Waals surface area contributed by atoms with E-state index in [1.165, 1.54) is 12.3 Å². The van der Waals surface area contributed by atoms with Crippen LogP contribution in [0.1, 0.15) is 18.2 Å². The molecule has 1 aromatic heterocycles. The van der Waals surface area contributed by atoms with Crippen molar-refractivity contribution in [3.05, 3.63) is 47.9 Å². The van der Waals surface area contributed by atoms with E-state index in [4.69, 9.17) is 0 Å². The largest absolute Gasteiger partial charge is 0.309 e. The highest BCUT2D eigenvalue weighted by molar-refractivity contribution is 7.91. The molecular weight excluding hydrogens is 302 g/mol. The van der Waals surface area contributed by atoms with E-state index >= 15 is 0 Å². The zero-order chi connectivity index (χ0) is 16.2. The molecule has 1 N–H and O–H groups in total. The molecule has 7 heteroatoms. The predicted octanol–water partition coefficient (Wildman–Crippen LogP) is 1.76. The monoisotopic (exact) mass is 319 g/mol. The highest BCUT2D eigenvalue weighted by Crippen LogP contribution is 2.18. The van der Waals surface area contributed by atoms with E-state index in [-0.39, 0.29) is 23.0 Å². The summed E-state index contributed by atoms with van der Waals surface area (Å²) in [5.41, 5.74) is 1.22. The number of hydrogen-bond donors (Lipinski definition) is 1. The average molecular weight is 319 g/mol. The minimum Gasteiger partial charge on any atom is -0.309 e. The third-order valence-electron chi connectivity index (χ3n) is 3.09. The lowest BCUT2D eigenvalue weighted by Gasteiger charge is -2.09. The maximum atomic E-state index is 12.1. The maximum absolute atomic E-state index is 12.1. The molecule has 0 spiro atoms. The third kappa shape index (κ3) is 3.88. The fourth-order valence-electron chi connectivity index (χ4n) is 1.93. The van der Waals surface area contributed by atoms with E-state index in [9.17, 15) is 13.2 Å². The number of aromatic nitrogens is 2. The topological polar surface area (TPSA) is 89.0 Å². The molecule has 22 heavy (non-hydrogen) atoms. The van der Waals surface area contributed by atoms with Gasteiger partial charge in [-0.15, -0.1) is 0 Å². The first-order valence-corrected chi connectivity index (χ1v) is 8.47. The summed E-state index contributed by atoms with van der Waals surface area (Å²) in [5, 5.41) is 2.61. The number of anilines is 1. The van der Waals surface area contributed by atoms with Gasteiger partial charge in [-0.25, -0.2) is 13.4 Å². The summed E-state index contributed by atoms with van der Waals surface area (Å²) in [6.07, 6.45) is 2.97. The van der Waals surface area contributed by atoms with Gasteiger partial charge >= 0.3 is 0 Å². The van der Waals surface area contributed by atoms with E-state index in [0.29, 0.717) is 11.4 Å². The van der Waals surface area contributed by atoms with E-state index in [2.05, 4.69) is 15.3 Å². The van der Waals surface area contributed by atoms with Crippen molar-refractivity contribution in [3.8, 4) is 0 Å². The molecule has 1 aromatic carbocycles. The Bertz CT molecular complexity index is 771. The molecule has 0 unspecified atom stereocenters. The Morgan fingerprint density at radius 2 is 1.91 bits per heavy atom. The van der Waals surface area contributed by atoms with Gasteiger partial charge in [0.25, 0.3) is 0 Å². The molecule has 2 rings (SSSR count). The Morgan fingerprint density at radius 1 is 1.18 bits per heavy atom. The Balaban J connectivity index is 2.17. The second-order valence-corrected chi connectivity index (χ2v) is 7.03. The van der Waals surface area contributed by atoms with Crippen molar-refractivity contribution >= 4 is 21.6 Å². The molecule has 0 fully saturated rings. The van der Waals surface area contributed by atoms with Crippen molar-refractivity contribution in [2.75, 3.05) is 11.1 Å². The number of hydrogen-bond acceptors (Lipinski definition) is 5. The molecule has 0 bridgehead atoms. The number of benzene rings is 1. The summed E-state index contributed by atoms with van der Waals surface area (Å²) in [6.45, 7) is 3.37. The molecule has 0 atom stereocenters. The van der Waals surface area contributed by atoms with Crippen LogP contribution in [0.2, 0.25) is 0 Å². The SMILES string of the molecule is CCS(=O)(=O)c1ccccc1CC(=O)Nc1cnc(C)cn1. The number of aryl methyl sites for hydroxylation is 1. The van der Waals surface area contributed by atoms with E-state index in [1.54, 1.807) is 38.2 Å². The van der Waals surface area contributed by atoms with Gasteiger partial charge in [-0.3, -0.25) is 9.78 Å². The summed E-state index contributed by atoms with van der Waals surface area (Å²) >= 11 is 0. The Hall–Kier alpha value is -2.28. The molecule has 0 saturated heterocycles. The van der Waals surface area contributed by atoms with E-state index in [0.717, 1.165) is 5.69 Å². The molecule has 1 heterocycles. The number of nitrogens with zero attached hydrogens (tertiary/aromatic N) is 2. The van der Waals surface area contributed by atoms with E-state index in [1.807, 2.05) is 0 Å². The number of carbonyl (C=O) groups excluding carboxylic acids is 1. The smallest absolute Gasteiger partial charge is 0.230 e. The van der Waals surface area contributed by atoms with Crippen molar-refractivity contribution in [3.63, 3.8) is 0 Å². The number of amides is 1. The number of nitrogens with one attached hydrogen (secondary N) is 1. The van der Waals surface area contributed by atoms with E-state index < -0.39 is 9.84 Å². The molecule has 2 aromatic rings. The first kappa shape index (κ1) is 16.1. The van der Waals surface area contributed by atoms with Crippen molar-refractivity contribution < 1.29 is 13.2 Å². The van der Waals surface area contributed by atoms with Gasteiger partial charge in [0.15, 0.2) is 15.7 Å². The fraction of sp³-hybridized carbons (Fsp3) is 0.267. The van der Waals surface area contributed by atoms with Crippen molar-refractivity contribution in [2.24, 2.45) is 0 Å². The summed E-state index contributed by atoms with van der Waals surface area (Å²) in [6, 6.07) is 6.52. The fourth-order valence-corrected chi connectivity index (χ4v) is 3.06. The minimum atomic E-state index is -3.36. The second-order valence-electron chi connectivity index (χ2n) is 4.78. The van der Waals surface area contributed by atoms with Crippen LogP contribution in [0.3, 0.4) is 0 Å². The lowest BCUT2D eigenvalue weighted by molar-refractivity contribution is -0.115. The Morgan fingerprint density at radius 3 is 2.55 bits per heavy atom. The van der Waals surface area contributed by atoms with Crippen LogP contribution in [0, 0.1) is 6.92 Å². The van der Waals surface area contributed by atoms with Crippen LogP contribution in [-0.4, -0.2) is 30.0 Å². The molecule has 0 aliphatic heterocycles.